The van der Waals surface area contributed by atoms with Gasteiger partial charge in [0.1, 0.15) is 18.1 Å². The fourth-order valence-electron chi connectivity index (χ4n) is 2.97. The second-order valence-electron chi connectivity index (χ2n) is 8.05. The van der Waals surface area contributed by atoms with E-state index in [1.165, 1.54) is 0 Å². The maximum Gasteiger partial charge on any atom is 0.326 e. The number of unbranched alkanes of at least 4 members (excludes halogenated alkanes) is 1. The van der Waals surface area contributed by atoms with Crippen molar-refractivity contribution in [1.82, 2.24) is 16.0 Å². The van der Waals surface area contributed by atoms with Crippen LogP contribution in [0.5, 0.6) is 0 Å². The standard InChI is InChI=1S/C20H39N9O7/c21-8-2-1-4-11(22)16(32)27-12(6-7-15(23)31)17(33)29-14(10-30)18(34)28-13(19(35)36)5-3-9-26-20(24)25/h11-14,30H,1-10,21-22H2,(H2,23,31)(H,27,32)(H,28,34)(H,29,33)(H,35,36)(H4,24,25,26). The maximum atomic E-state index is 12.8. The van der Waals surface area contributed by atoms with Crippen LogP contribution in [0.25, 0.3) is 0 Å². The van der Waals surface area contributed by atoms with Gasteiger partial charge in [0.05, 0.1) is 12.6 Å². The molecule has 0 heterocycles. The Balaban J connectivity index is 5.21. The molecule has 0 aliphatic heterocycles. The van der Waals surface area contributed by atoms with Crippen LogP contribution in [0.1, 0.15) is 44.9 Å². The van der Waals surface area contributed by atoms with Crippen molar-refractivity contribution in [2.45, 2.75) is 69.1 Å². The largest absolute Gasteiger partial charge is 0.480 e. The van der Waals surface area contributed by atoms with Crippen molar-refractivity contribution in [3.05, 3.63) is 0 Å². The van der Waals surface area contributed by atoms with Gasteiger partial charge in [0.2, 0.25) is 23.6 Å². The zero-order valence-electron chi connectivity index (χ0n) is 20.2. The molecule has 16 nitrogen and oxygen atoms in total. The molecule has 0 saturated heterocycles. The van der Waals surface area contributed by atoms with Crippen LogP contribution in [0.4, 0.5) is 0 Å². The third-order valence-corrected chi connectivity index (χ3v) is 4.99. The second-order valence-corrected chi connectivity index (χ2v) is 8.05. The number of carbonyl (C=O) groups excluding carboxylic acids is 4. The first-order chi connectivity index (χ1) is 16.9. The number of hydrogen-bond acceptors (Lipinski definition) is 9. The number of aliphatic hydroxyl groups is 1. The Labute approximate surface area is 208 Å². The third-order valence-electron chi connectivity index (χ3n) is 4.99. The molecule has 4 amide bonds. The molecule has 0 rings (SSSR count). The summed E-state index contributed by atoms with van der Waals surface area (Å²) in [5.41, 5.74) is 26.8. The number of aliphatic imine (C=N–C) groups is 1. The first-order valence-corrected chi connectivity index (χ1v) is 11.5. The highest BCUT2D eigenvalue weighted by molar-refractivity contribution is 5.94. The first-order valence-electron chi connectivity index (χ1n) is 11.5. The molecule has 206 valence electrons. The van der Waals surface area contributed by atoms with E-state index in [1.54, 1.807) is 0 Å². The quantitative estimate of drug-likeness (QED) is 0.0440. The van der Waals surface area contributed by atoms with Crippen molar-refractivity contribution in [1.29, 1.82) is 0 Å². The average molecular weight is 518 g/mol. The predicted octanol–water partition coefficient (Wildman–Crippen LogP) is -4.71. The Bertz CT molecular complexity index is 775. The lowest BCUT2D eigenvalue weighted by atomic mass is 10.1. The fourth-order valence-corrected chi connectivity index (χ4v) is 2.97. The molecule has 0 spiro atoms. The molecule has 0 radical (unpaired) electrons. The summed E-state index contributed by atoms with van der Waals surface area (Å²) in [7, 11) is 0. The number of aliphatic hydroxyl groups excluding tert-OH is 1. The lowest BCUT2D eigenvalue weighted by molar-refractivity contribution is -0.142. The number of guanidine groups is 1. The number of nitrogens with zero attached hydrogens (tertiary/aromatic N) is 1. The van der Waals surface area contributed by atoms with Gasteiger partial charge in [-0.25, -0.2) is 4.79 Å². The van der Waals surface area contributed by atoms with Gasteiger partial charge in [-0.3, -0.25) is 24.2 Å². The molecule has 0 aliphatic rings. The van der Waals surface area contributed by atoms with Crippen LogP contribution in [-0.4, -0.2) is 89.6 Å². The number of carbonyl (C=O) groups is 5. The van der Waals surface area contributed by atoms with Gasteiger partial charge in [-0.05, 0) is 38.6 Å². The van der Waals surface area contributed by atoms with Gasteiger partial charge < -0.3 is 54.8 Å². The molecule has 0 saturated carbocycles. The Hall–Kier alpha value is -3.50. The predicted molar refractivity (Wildman–Crippen MR) is 130 cm³/mol. The highest BCUT2D eigenvalue weighted by Gasteiger charge is 2.30. The normalized spacial score (nSPS) is 14.0. The lowest BCUT2D eigenvalue weighted by Gasteiger charge is -2.24. The minimum atomic E-state index is -1.54. The number of carboxylic acids is 1. The van der Waals surface area contributed by atoms with Gasteiger partial charge in [-0.15, -0.1) is 0 Å². The maximum absolute atomic E-state index is 12.8. The van der Waals surface area contributed by atoms with Gasteiger partial charge in [0, 0.05) is 13.0 Å². The number of carboxylic acid groups (broad SMARTS) is 1. The van der Waals surface area contributed by atoms with Gasteiger partial charge in [0.25, 0.3) is 0 Å². The van der Waals surface area contributed by atoms with E-state index < -0.39 is 60.4 Å². The molecular formula is C20H39N9O7. The molecule has 0 fully saturated rings. The van der Waals surface area contributed by atoms with Gasteiger partial charge >= 0.3 is 5.97 Å². The zero-order valence-corrected chi connectivity index (χ0v) is 20.2. The summed E-state index contributed by atoms with van der Waals surface area (Å²) < 4.78 is 0. The van der Waals surface area contributed by atoms with Gasteiger partial charge in [-0.2, -0.15) is 0 Å². The number of amides is 4. The number of rotatable bonds is 19. The Morgan fingerprint density at radius 3 is 1.89 bits per heavy atom. The summed E-state index contributed by atoms with van der Waals surface area (Å²) in [5.74, 6) is -4.76. The van der Waals surface area contributed by atoms with Crippen molar-refractivity contribution >= 4 is 35.6 Å². The van der Waals surface area contributed by atoms with Crippen LogP contribution in [0.15, 0.2) is 4.99 Å². The highest BCUT2D eigenvalue weighted by atomic mass is 16.4. The Kier molecular flexibility index (Phi) is 16.1. The topological polar surface area (TPSA) is 304 Å². The summed E-state index contributed by atoms with van der Waals surface area (Å²) in [6.45, 7) is -0.299. The van der Waals surface area contributed by atoms with Crippen molar-refractivity contribution in [3.63, 3.8) is 0 Å². The zero-order chi connectivity index (χ0) is 27.7. The lowest BCUT2D eigenvalue weighted by Crippen LogP contribution is -2.58. The van der Waals surface area contributed by atoms with Crippen LogP contribution in [0.3, 0.4) is 0 Å². The molecular weight excluding hydrogens is 478 g/mol. The summed E-state index contributed by atoms with van der Waals surface area (Å²) in [6, 6.07) is -5.10. The number of nitrogens with two attached hydrogens (primary N) is 5. The van der Waals surface area contributed by atoms with Crippen molar-refractivity contribution in [3.8, 4) is 0 Å². The minimum Gasteiger partial charge on any atom is -0.480 e. The summed E-state index contributed by atoms with van der Waals surface area (Å²) in [5, 5.41) is 25.8. The molecule has 0 aromatic heterocycles. The molecule has 4 unspecified atom stereocenters. The van der Waals surface area contributed by atoms with E-state index in [-0.39, 0.29) is 38.2 Å². The van der Waals surface area contributed by atoms with E-state index in [1.807, 2.05) is 0 Å². The second kappa shape index (κ2) is 17.9. The molecule has 0 aliphatic carbocycles. The molecule has 4 atom stereocenters. The molecule has 15 N–H and O–H groups in total. The first kappa shape index (κ1) is 32.5. The van der Waals surface area contributed by atoms with Gasteiger partial charge in [0.15, 0.2) is 5.96 Å². The number of nitrogens with one attached hydrogen (secondary N) is 3. The smallest absolute Gasteiger partial charge is 0.326 e. The highest BCUT2D eigenvalue weighted by Crippen LogP contribution is 2.04. The monoisotopic (exact) mass is 517 g/mol. The summed E-state index contributed by atoms with van der Waals surface area (Å²) in [6.07, 6.45) is 1.33. The number of hydrogen-bond donors (Lipinski definition) is 10. The van der Waals surface area contributed by atoms with Crippen molar-refractivity contribution < 1.29 is 34.2 Å². The SMILES string of the molecule is NCCCCC(N)C(=O)NC(CCC(N)=O)C(=O)NC(CO)C(=O)NC(CCCN=C(N)N)C(=O)O. The van der Waals surface area contributed by atoms with Gasteiger partial charge in [-0.1, -0.05) is 6.42 Å². The number of primary amides is 1. The average Bonchev–Trinajstić information content (AvgIpc) is 2.81. The van der Waals surface area contributed by atoms with Crippen LogP contribution in [-0.2, 0) is 24.0 Å². The van der Waals surface area contributed by atoms with Crippen LogP contribution in [0.2, 0.25) is 0 Å². The van der Waals surface area contributed by atoms with E-state index in [0.29, 0.717) is 25.8 Å². The molecule has 36 heavy (non-hydrogen) atoms. The van der Waals surface area contributed by atoms with E-state index in [2.05, 4.69) is 20.9 Å². The third kappa shape index (κ3) is 14.0. The Morgan fingerprint density at radius 1 is 0.778 bits per heavy atom. The van der Waals surface area contributed by atoms with Crippen molar-refractivity contribution in [2.24, 2.45) is 33.7 Å². The Morgan fingerprint density at radius 2 is 1.36 bits per heavy atom. The molecule has 0 aromatic carbocycles. The van der Waals surface area contributed by atoms with E-state index >= 15 is 0 Å². The van der Waals surface area contributed by atoms with Crippen LogP contribution < -0.4 is 44.6 Å². The van der Waals surface area contributed by atoms with Crippen LogP contribution >= 0.6 is 0 Å². The molecule has 0 aromatic rings. The number of aliphatic carboxylic acids is 1. The van der Waals surface area contributed by atoms with Crippen molar-refractivity contribution in [2.75, 3.05) is 19.7 Å². The summed E-state index contributed by atoms with van der Waals surface area (Å²) in [4.78, 5) is 64.1. The minimum absolute atomic E-state index is 0.0245. The summed E-state index contributed by atoms with van der Waals surface area (Å²) >= 11 is 0. The van der Waals surface area contributed by atoms with E-state index in [0.717, 1.165) is 0 Å². The molecule has 16 heteroatoms. The molecule has 0 bridgehead atoms. The van der Waals surface area contributed by atoms with Crippen LogP contribution in [0, 0.1) is 0 Å². The van der Waals surface area contributed by atoms with E-state index in [9.17, 15) is 34.2 Å². The van der Waals surface area contributed by atoms with E-state index in [4.69, 9.17) is 28.7 Å². The fraction of sp³-hybridized carbons (Fsp3) is 0.700.